The van der Waals surface area contributed by atoms with Crippen molar-refractivity contribution in [1.29, 1.82) is 0 Å². The van der Waals surface area contributed by atoms with Crippen molar-refractivity contribution in [2.24, 2.45) is 0 Å². The van der Waals surface area contributed by atoms with Crippen LogP contribution < -0.4 is 0 Å². The highest BCUT2D eigenvalue weighted by Crippen LogP contribution is 2.37. The minimum Gasteiger partial charge on any atom is -0.267 e. The molecule has 1 heterocycles. The summed E-state index contributed by atoms with van der Waals surface area (Å²) in [6, 6.07) is 5.38. The van der Waals surface area contributed by atoms with Crippen LogP contribution in [0, 0.1) is 18.5 Å². The van der Waals surface area contributed by atoms with Gasteiger partial charge in [-0.15, -0.1) is 0 Å². The largest absolute Gasteiger partial charge is 0.417 e. The van der Waals surface area contributed by atoms with Crippen LogP contribution in [0.15, 0.2) is 24.3 Å². The van der Waals surface area contributed by atoms with Gasteiger partial charge in [0.1, 0.15) is 4.64 Å². The number of halogens is 3. The molecule has 0 saturated carbocycles. The Bertz CT molecular complexity index is 674. The minimum absolute atomic E-state index is 0.0573. The summed E-state index contributed by atoms with van der Waals surface area (Å²) >= 11 is 5.02. The average Bonchev–Trinajstić information content (AvgIpc) is 2.35. The van der Waals surface area contributed by atoms with E-state index in [0.29, 0.717) is 10.2 Å². The monoisotopic (exact) mass is 284 g/mol. The maximum absolute atomic E-state index is 13.0. The molecule has 1 aromatic heterocycles. The number of hydrogen-bond donors (Lipinski definition) is 1. The van der Waals surface area contributed by atoms with Gasteiger partial charge >= 0.3 is 6.18 Å². The van der Waals surface area contributed by atoms with Crippen molar-refractivity contribution < 1.29 is 13.2 Å². The third-order valence-electron chi connectivity index (χ3n) is 3.02. The molecule has 0 radical (unpaired) electrons. The summed E-state index contributed by atoms with van der Waals surface area (Å²) in [5.41, 5.74) is 1.02. The van der Waals surface area contributed by atoms with Gasteiger partial charge in [0.05, 0.1) is 11.3 Å². The van der Waals surface area contributed by atoms with Gasteiger partial charge in [-0.3, -0.25) is 5.10 Å². The first kappa shape index (κ1) is 13.7. The third-order valence-corrected chi connectivity index (χ3v) is 3.41. The number of aromatic nitrogens is 2. The van der Waals surface area contributed by atoms with Gasteiger partial charge < -0.3 is 0 Å². The molecule has 0 atom stereocenters. The molecule has 0 saturated heterocycles. The van der Waals surface area contributed by atoms with Gasteiger partial charge in [0.25, 0.3) is 0 Å². The number of rotatable bonds is 1. The van der Waals surface area contributed by atoms with Crippen molar-refractivity contribution in [3.05, 3.63) is 45.6 Å². The molecule has 2 aromatic rings. The van der Waals surface area contributed by atoms with Crippen LogP contribution in [-0.4, -0.2) is 10.2 Å². The number of nitrogens with one attached hydrogen (secondary N) is 1. The molecular weight excluding hydrogens is 273 g/mol. The lowest BCUT2D eigenvalue weighted by atomic mass is 9.99. The second kappa shape index (κ2) is 4.77. The maximum Gasteiger partial charge on any atom is 0.417 e. The highest BCUT2D eigenvalue weighted by atomic mass is 32.1. The Morgan fingerprint density at radius 1 is 1.11 bits per heavy atom. The first-order chi connectivity index (χ1) is 8.82. The van der Waals surface area contributed by atoms with Crippen LogP contribution in [0.2, 0.25) is 0 Å². The Kier molecular flexibility index (Phi) is 3.45. The van der Waals surface area contributed by atoms with Crippen LogP contribution in [0.1, 0.15) is 16.7 Å². The van der Waals surface area contributed by atoms with Crippen molar-refractivity contribution >= 4 is 12.2 Å². The van der Waals surface area contributed by atoms with Crippen molar-refractivity contribution in [1.82, 2.24) is 10.2 Å². The minimum atomic E-state index is -4.41. The number of aromatic amines is 1. The second-order valence-corrected chi connectivity index (χ2v) is 4.60. The average molecular weight is 284 g/mol. The van der Waals surface area contributed by atoms with Gasteiger partial charge in [-0.2, -0.15) is 18.3 Å². The van der Waals surface area contributed by atoms with E-state index in [1.165, 1.54) is 12.1 Å². The van der Waals surface area contributed by atoms with E-state index in [4.69, 9.17) is 12.2 Å². The van der Waals surface area contributed by atoms with E-state index in [-0.39, 0.29) is 11.3 Å². The standard InChI is InChI=1S/C13H11F3N2S/c1-7-8(2)12(19)18-17-11(7)9-5-3-4-6-10(9)13(14,15)16/h3-6H,1-2H3,(H,18,19). The SMILES string of the molecule is Cc1c(-c2ccccc2C(F)(F)F)n[nH]c(=S)c1C. The van der Waals surface area contributed by atoms with Crippen LogP contribution in [0.3, 0.4) is 0 Å². The lowest BCUT2D eigenvalue weighted by Gasteiger charge is -2.14. The fourth-order valence-corrected chi connectivity index (χ4v) is 2.02. The van der Waals surface area contributed by atoms with Gasteiger partial charge in [-0.05, 0) is 31.0 Å². The van der Waals surface area contributed by atoms with Gasteiger partial charge in [0.15, 0.2) is 0 Å². The topological polar surface area (TPSA) is 28.7 Å². The fraction of sp³-hybridized carbons (Fsp3) is 0.231. The Labute approximate surface area is 113 Å². The van der Waals surface area contributed by atoms with E-state index in [1.807, 2.05) is 0 Å². The smallest absolute Gasteiger partial charge is 0.267 e. The van der Waals surface area contributed by atoms with Crippen molar-refractivity contribution in [2.75, 3.05) is 0 Å². The van der Waals surface area contributed by atoms with Crippen LogP contribution in [0.5, 0.6) is 0 Å². The molecule has 0 amide bonds. The number of alkyl halides is 3. The van der Waals surface area contributed by atoms with Crippen molar-refractivity contribution in [3.63, 3.8) is 0 Å². The molecule has 19 heavy (non-hydrogen) atoms. The zero-order valence-electron chi connectivity index (χ0n) is 10.3. The Morgan fingerprint density at radius 3 is 2.37 bits per heavy atom. The molecule has 0 aliphatic carbocycles. The van der Waals surface area contributed by atoms with Crippen molar-refractivity contribution in [2.45, 2.75) is 20.0 Å². The molecule has 0 fully saturated rings. The quantitative estimate of drug-likeness (QED) is 0.784. The molecule has 1 aromatic carbocycles. The van der Waals surface area contributed by atoms with Gasteiger partial charge in [0.2, 0.25) is 0 Å². The van der Waals surface area contributed by atoms with Crippen LogP contribution in [0.25, 0.3) is 11.3 Å². The van der Waals surface area contributed by atoms with Crippen LogP contribution in [-0.2, 0) is 6.18 Å². The summed E-state index contributed by atoms with van der Waals surface area (Å²) in [6.07, 6.45) is -4.41. The number of nitrogens with zero attached hydrogens (tertiary/aromatic N) is 1. The van der Waals surface area contributed by atoms with Gasteiger partial charge in [-0.25, -0.2) is 0 Å². The van der Waals surface area contributed by atoms with Crippen LogP contribution in [0.4, 0.5) is 13.2 Å². The second-order valence-electron chi connectivity index (χ2n) is 4.19. The molecule has 2 nitrogen and oxygen atoms in total. The molecule has 0 aliphatic rings. The lowest BCUT2D eigenvalue weighted by Crippen LogP contribution is -2.08. The first-order valence-electron chi connectivity index (χ1n) is 5.55. The third kappa shape index (κ3) is 2.53. The van der Waals surface area contributed by atoms with E-state index in [0.717, 1.165) is 11.6 Å². The number of hydrogen-bond acceptors (Lipinski definition) is 2. The summed E-state index contributed by atoms with van der Waals surface area (Å²) in [7, 11) is 0. The van der Waals surface area contributed by atoms with E-state index in [2.05, 4.69) is 10.2 Å². The molecule has 100 valence electrons. The highest BCUT2D eigenvalue weighted by molar-refractivity contribution is 7.71. The molecule has 6 heteroatoms. The number of H-pyrrole nitrogens is 1. The molecule has 1 N–H and O–H groups in total. The summed E-state index contributed by atoms with van der Waals surface area (Å²) in [5.74, 6) is 0. The molecule has 0 aliphatic heterocycles. The molecule has 0 bridgehead atoms. The summed E-state index contributed by atoms with van der Waals surface area (Å²) in [6.45, 7) is 3.48. The van der Waals surface area contributed by atoms with Gasteiger partial charge in [-0.1, -0.05) is 30.4 Å². The fourth-order valence-electron chi connectivity index (χ4n) is 1.82. The molecule has 0 spiro atoms. The number of benzene rings is 1. The van der Waals surface area contributed by atoms with E-state index in [9.17, 15) is 13.2 Å². The predicted molar refractivity (Wildman–Crippen MR) is 69.3 cm³/mol. The first-order valence-corrected chi connectivity index (χ1v) is 5.95. The predicted octanol–water partition coefficient (Wildman–Crippen LogP) is 4.44. The lowest BCUT2D eigenvalue weighted by molar-refractivity contribution is -0.137. The highest BCUT2D eigenvalue weighted by Gasteiger charge is 2.34. The Hall–Kier alpha value is -1.69. The summed E-state index contributed by atoms with van der Waals surface area (Å²) in [4.78, 5) is 0. The van der Waals surface area contributed by atoms with E-state index in [1.54, 1.807) is 19.9 Å². The Balaban J connectivity index is 2.74. The van der Waals surface area contributed by atoms with Gasteiger partial charge in [0, 0.05) is 5.56 Å². The Morgan fingerprint density at radius 2 is 1.74 bits per heavy atom. The molecular formula is C13H11F3N2S. The zero-order valence-corrected chi connectivity index (χ0v) is 11.1. The van der Waals surface area contributed by atoms with Crippen molar-refractivity contribution in [3.8, 4) is 11.3 Å². The summed E-state index contributed by atoms with van der Waals surface area (Å²) in [5, 5.41) is 6.54. The zero-order chi connectivity index (χ0) is 14.2. The summed E-state index contributed by atoms with van der Waals surface area (Å²) < 4.78 is 39.4. The molecule has 2 rings (SSSR count). The molecule has 0 unspecified atom stereocenters. The maximum atomic E-state index is 13.0. The van der Waals surface area contributed by atoms with E-state index >= 15 is 0 Å². The van der Waals surface area contributed by atoms with Crippen LogP contribution >= 0.6 is 12.2 Å². The normalized spacial score (nSPS) is 11.6. The van der Waals surface area contributed by atoms with E-state index < -0.39 is 11.7 Å².